The lowest BCUT2D eigenvalue weighted by atomic mass is 9.89. The van der Waals surface area contributed by atoms with Crippen molar-refractivity contribution in [2.45, 2.75) is 45.6 Å². The third-order valence-electron chi connectivity index (χ3n) is 4.89. The van der Waals surface area contributed by atoms with Crippen LogP contribution in [0.15, 0.2) is 6.20 Å². The lowest BCUT2D eigenvalue weighted by molar-refractivity contribution is -0.146. The molecule has 2 rings (SSSR count). The van der Waals surface area contributed by atoms with Gasteiger partial charge in [-0.25, -0.2) is 4.98 Å². The number of anilines is 3. The lowest BCUT2D eigenvalue weighted by Gasteiger charge is -2.38. The normalized spacial score (nSPS) is 20.2. The van der Waals surface area contributed by atoms with Gasteiger partial charge in [0.2, 0.25) is 0 Å². The predicted octanol–water partition coefficient (Wildman–Crippen LogP) is 1.61. The van der Waals surface area contributed by atoms with Crippen LogP contribution in [-0.2, 0) is 9.59 Å². The van der Waals surface area contributed by atoms with E-state index >= 15 is 0 Å². The molecule has 1 aromatic heterocycles. The molecule has 0 spiro atoms. The highest BCUT2D eigenvalue weighted by atomic mass is 16.2. The average Bonchev–Trinajstić information content (AvgIpc) is 2.63. The van der Waals surface area contributed by atoms with Gasteiger partial charge in [-0.3, -0.25) is 9.59 Å². The molecule has 1 aliphatic rings. The minimum absolute atomic E-state index is 0.0834. The fourth-order valence-electron chi connectivity index (χ4n) is 3.22. The lowest BCUT2D eigenvalue weighted by Crippen LogP contribution is -2.50. The van der Waals surface area contributed by atoms with Crippen LogP contribution in [0.3, 0.4) is 0 Å². The van der Waals surface area contributed by atoms with Crippen molar-refractivity contribution in [3.8, 4) is 0 Å². The van der Waals surface area contributed by atoms with Crippen molar-refractivity contribution in [1.29, 1.82) is 5.41 Å². The summed E-state index contributed by atoms with van der Waals surface area (Å²) >= 11 is 0. The number of amides is 2. The largest absolute Gasteiger partial charge is 0.396 e. The predicted molar refractivity (Wildman–Crippen MR) is 98.4 cm³/mol. The molecule has 1 saturated heterocycles. The summed E-state index contributed by atoms with van der Waals surface area (Å²) in [5, 5.41) is 9.84. The molecule has 0 radical (unpaired) electrons. The van der Waals surface area contributed by atoms with Crippen LogP contribution in [0.2, 0.25) is 0 Å². The maximum atomic E-state index is 12.6. The topological polar surface area (TPSA) is 138 Å². The molecule has 2 atom stereocenters. The minimum atomic E-state index is -0.746. The second-order valence-corrected chi connectivity index (χ2v) is 6.35. The van der Waals surface area contributed by atoms with Crippen molar-refractivity contribution in [3.63, 3.8) is 0 Å². The second-order valence-electron chi connectivity index (χ2n) is 6.35. The van der Waals surface area contributed by atoms with Crippen LogP contribution >= 0.6 is 0 Å². The van der Waals surface area contributed by atoms with Crippen molar-refractivity contribution in [3.05, 3.63) is 11.8 Å². The number of nitrogens with zero attached hydrogens (tertiary/aromatic N) is 2. The number of rotatable bonds is 4. The minimum Gasteiger partial charge on any atom is -0.396 e. The zero-order chi connectivity index (χ0) is 18.6. The Morgan fingerprint density at radius 1 is 1.36 bits per heavy atom. The van der Waals surface area contributed by atoms with Crippen LogP contribution in [0.5, 0.6) is 0 Å². The van der Waals surface area contributed by atoms with Crippen LogP contribution in [0, 0.1) is 11.3 Å². The van der Waals surface area contributed by atoms with Crippen LogP contribution in [-0.4, -0.2) is 40.5 Å². The van der Waals surface area contributed by atoms with Crippen LogP contribution in [0.25, 0.3) is 0 Å². The van der Waals surface area contributed by atoms with E-state index in [0.717, 1.165) is 31.9 Å². The first kappa shape index (κ1) is 18.7. The van der Waals surface area contributed by atoms with Gasteiger partial charge < -0.3 is 27.1 Å². The maximum Gasteiger partial charge on any atom is 0.314 e. The summed E-state index contributed by atoms with van der Waals surface area (Å²) < 4.78 is 0. The van der Waals surface area contributed by atoms with E-state index in [4.69, 9.17) is 16.9 Å². The highest BCUT2D eigenvalue weighted by Gasteiger charge is 2.33. The van der Waals surface area contributed by atoms with Crippen LogP contribution in [0.4, 0.5) is 17.2 Å². The molecule has 0 saturated carbocycles. The van der Waals surface area contributed by atoms with Gasteiger partial charge in [-0.15, -0.1) is 0 Å². The molecular formula is C17H26N6O2. The van der Waals surface area contributed by atoms with Crippen LogP contribution < -0.4 is 16.8 Å². The van der Waals surface area contributed by atoms with Gasteiger partial charge in [-0.2, -0.15) is 0 Å². The summed E-state index contributed by atoms with van der Waals surface area (Å²) in [6.45, 7) is 4.72. The Kier molecular flexibility index (Phi) is 5.95. The molecule has 8 heteroatoms. The Morgan fingerprint density at radius 2 is 2.08 bits per heavy atom. The third kappa shape index (κ3) is 3.89. The summed E-state index contributed by atoms with van der Waals surface area (Å²) in [4.78, 5) is 30.7. The van der Waals surface area contributed by atoms with Crippen molar-refractivity contribution in [1.82, 2.24) is 9.88 Å². The molecule has 1 aliphatic heterocycles. The van der Waals surface area contributed by atoms with Gasteiger partial charge >= 0.3 is 11.8 Å². The van der Waals surface area contributed by atoms with Crippen LogP contribution in [0.1, 0.15) is 45.1 Å². The molecule has 6 N–H and O–H groups in total. The van der Waals surface area contributed by atoms with E-state index < -0.39 is 11.8 Å². The zero-order valence-corrected chi connectivity index (χ0v) is 14.7. The van der Waals surface area contributed by atoms with Gasteiger partial charge in [0.1, 0.15) is 5.82 Å². The quantitative estimate of drug-likeness (QED) is 0.484. The van der Waals surface area contributed by atoms with Gasteiger partial charge in [0.25, 0.3) is 0 Å². The number of nitrogens with one attached hydrogen (secondary N) is 2. The second kappa shape index (κ2) is 7.96. The van der Waals surface area contributed by atoms with E-state index in [0.29, 0.717) is 12.5 Å². The zero-order valence-electron chi connectivity index (χ0n) is 14.7. The summed E-state index contributed by atoms with van der Waals surface area (Å²) in [6, 6.07) is 0.0834. The first-order valence-corrected chi connectivity index (χ1v) is 8.59. The van der Waals surface area contributed by atoms with E-state index in [1.54, 1.807) is 4.90 Å². The Balaban J connectivity index is 2.17. The number of nitrogen functional groups attached to an aromatic ring is 2. The van der Waals surface area contributed by atoms with Gasteiger partial charge in [-0.05, 0) is 25.2 Å². The van der Waals surface area contributed by atoms with Crippen molar-refractivity contribution in [2.24, 2.45) is 5.92 Å². The average molecular weight is 346 g/mol. The molecule has 136 valence electrons. The maximum absolute atomic E-state index is 12.6. The summed E-state index contributed by atoms with van der Waals surface area (Å²) in [6.07, 6.45) is 6.07. The number of hydrogen-bond donors (Lipinski definition) is 4. The Labute approximate surface area is 147 Å². The number of nitrogens with two attached hydrogens (primary N) is 2. The molecule has 2 heterocycles. The standard InChI is InChI=1S/C17H26N6O2/c1-3-10-5-6-11(4-2)23(9-10)17(25)16(24)22-13-8-21-15(20)12(7-18)14(13)19/h7-8,10-11,18H,3-6,9H2,1-2H3,(H,22,24)(H4,19,20,21)/t10-,11+/m1/s1. The summed E-state index contributed by atoms with van der Waals surface area (Å²) in [5.41, 5.74) is 12.1. The van der Waals surface area contributed by atoms with E-state index in [2.05, 4.69) is 17.2 Å². The molecule has 1 aromatic rings. The SMILES string of the molecule is CC[C@@H]1CC[C@H](CC)N(C(=O)C(=O)Nc2cnc(N)c(C=N)c2N)C1. The number of piperidine rings is 1. The molecule has 0 unspecified atom stereocenters. The number of likely N-dealkylation sites (tertiary alicyclic amines) is 1. The number of aromatic nitrogens is 1. The Morgan fingerprint density at radius 3 is 2.68 bits per heavy atom. The monoisotopic (exact) mass is 346 g/mol. The van der Waals surface area contributed by atoms with E-state index in [9.17, 15) is 9.59 Å². The van der Waals surface area contributed by atoms with Gasteiger partial charge in [-0.1, -0.05) is 20.3 Å². The molecule has 0 aromatic carbocycles. The molecule has 0 aliphatic carbocycles. The summed E-state index contributed by atoms with van der Waals surface area (Å²) in [7, 11) is 0. The molecule has 2 amide bonds. The third-order valence-corrected chi connectivity index (χ3v) is 4.89. The fraction of sp³-hybridized carbons (Fsp3) is 0.529. The smallest absolute Gasteiger partial charge is 0.314 e. The highest BCUT2D eigenvalue weighted by molar-refractivity contribution is 6.40. The number of hydrogen-bond acceptors (Lipinski definition) is 6. The molecule has 0 bridgehead atoms. The van der Waals surface area contributed by atoms with E-state index in [1.165, 1.54) is 6.20 Å². The number of pyridine rings is 1. The number of carbonyl (C=O) groups excluding carboxylic acids is 2. The molecule has 8 nitrogen and oxygen atoms in total. The van der Waals surface area contributed by atoms with Crippen molar-refractivity contribution >= 4 is 35.2 Å². The Bertz CT molecular complexity index is 675. The summed E-state index contributed by atoms with van der Waals surface area (Å²) in [5.74, 6) is -0.779. The fourth-order valence-corrected chi connectivity index (χ4v) is 3.22. The highest BCUT2D eigenvalue weighted by Crippen LogP contribution is 2.27. The van der Waals surface area contributed by atoms with Gasteiger partial charge in [0.05, 0.1) is 23.1 Å². The molecule has 1 fully saturated rings. The van der Waals surface area contributed by atoms with Gasteiger partial charge in [0, 0.05) is 18.8 Å². The van der Waals surface area contributed by atoms with Crippen molar-refractivity contribution < 1.29 is 9.59 Å². The number of carbonyl (C=O) groups is 2. The molecule has 25 heavy (non-hydrogen) atoms. The Hall–Kier alpha value is -2.64. The van der Waals surface area contributed by atoms with Crippen molar-refractivity contribution in [2.75, 3.05) is 23.3 Å². The first-order valence-electron chi connectivity index (χ1n) is 8.59. The van der Waals surface area contributed by atoms with E-state index in [-0.39, 0.29) is 28.8 Å². The van der Waals surface area contributed by atoms with E-state index in [1.807, 2.05) is 6.92 Å². The van der Waals surface area contributed by atoms with Gasteiger partial charge in [0.15, 0.2) is 0 Å². The first-order chi connectivity index (χ1) is 11.9. The molecular weight excluding hydrogens is 320 g/mol.